The number of carbonyl (C=O) groups excluding carboxylic acids is 1. The molecule has 4 heteroatoms. The summed E-state index contributed by atoms with van der Waals surface area (Å²) in [5.74, 6) is -0.308. The van der Waals surface area contributed by atoms with E-state index in [4.69, 9.17) is 15.2 Å². The van der Waals surface area contributed by atoms with Crippen molar-refractivity contribution in [2.24, 2.45) is 5.73 Å². The molecule has 0 aliphatic carbocycles. The molecule has 0 aliphatic rings. The first-order chi connectivity index (χ1) is 5.81. The molecule has 4 nitrogen and oxygen atoms in total. The van der Waals surface area contributed by atoms with Gasteiger partial charge in [0.25, 0.3) is 0 Å². The van der Waals surface area contributed by atoms with Crippen LogP contribution in [0.15, 0.2) is 0 Å². The van der Waals surface area contributed by atoms with Gasteiger partial charge in [-0.3, -0.25) is 0 Å². The zero-order chi connectivity index (χ0) is 9.23. The van der Waals surface area contributed by atoms with E-state index in [0.717, 1.165) is 12.8 Å². The van der Waals surface area contributed by atoms with Crippen LogP contribution in [-0.2, 0) is 14.3 Å². The van der Waals surface area contributed by atoms with Crippen LogP contribution in [0.2, 0.25) is 0 Å². The van der Waals surface area contributed by atoms with Crippen molar-refractivity contribution in [1.82, 2.24) is 0 Å². The molecule has 0 saturated carbocycles. The molecule has 0 aromatic heterocycles. The number of rotatable bonds is 7. The van der Waals surface area contributed by atoms with Gasteiger partial charge in [-0.05, 0) is 6.42 Å². The minimum atomic E-state index is -0.308. The first-order valence-corrected chi connectivity index (χ1v) is 4.24. The van der Waals surface area contributed by atoms with Gasteiger partial charge >= 0.3 is 5.97 Å². The van der Waals surface area contributed by atoms with E-state index in [1.165, 1.54) is 0 Å². The molecule has 0 fully saturated rings. The molecule has 0 aromatic rings. The maximum Gasteiger partial charge on any atom is 0.332 e. The van der Waals surface area contributed by atoms with Crippen molar-refractivity contribution in [1.29, 1.82) is 0 Å². The molecular weight excluding hydrogens is 158 g/mol. The third kappa shape index (κ3) is 7.50. The molecule has 2 N–H and O–H groups in total. The van der Waals surface area contributed by atoms with E-state index in [1.807, 2.05) is 6.92 Å². The van der Waals surface area contributed by atoms with E-state index < -0.39 is 0 Å². The average Bonchev–Trinajstić information content (AvgIpc) is 2.06. The summed E-state index contributed by atoms with van der Waals surface area (Å²) in [5.41, 5.74) is 5.16. The number of carbonyl (C=O) groups is 1. The zero-order valence-corrected chi connectivity index (χ0v) is 7.54. The highest BCUT2D eigenvalue weighted by atomic mass is 16.6. The largest absolute Gasteiger partial charge is 0.464 e. The van der Waals surface area contributed by atoms with Crippen LogP contribution < -0.4 is 5.73 Å². The number of nitrogens with two attached hydrogens (primary N) is 1. The fourth-order valence-electron chi connectivity index (χ4n) is 0.611. The summed E-state index contributed by atoms with van der Waals surface area (Å²) < 4.78 is 9.70. The van der Waals surface area contributed by atoms with Gasteiger partial charge in [-0.25, -0.2) is 4.79 Å². The summed E-state index contributed by atoms with van der Waals surface area (Å²) in [7, 11) is 0. The molecule has 0 rings (SSSR count). The highest BCUT2D eigenvalue weighted by molar-refractivity contribution is 5.70. The molecule has 72 valence electrons. The molecule has 12 heavy (non-hydrogen) atoms. The van der Waals surface area contributed by atoms with Crippen molar-refractivity contribution in [3.8, 4) is 0 Å². The number of esters is 1. The van der Waals surface area contributed by atoms with Gasteiger partial charge in [-0.15, -0.1) is 0 Å². The summed E-state index contributed by atoms with van der Waals surface area (Å²) in [6, 6.07) is 0. The Labute approximate surface area is 73.0 Å². The quantitative estimate of drug-likeness (QED) is 0.446. The highest BCUT2D eigenvalue weighted by Gasteiger charge is 2.00. The Hall–Kier alpha value is -0.610. The van der Waals surface area contributed by atoms with Crippen molar-refractivity contribution in [2.75, 3.05) is 26.4 Å². The number of unbranched alkanes of at least 4 members (excludes halogenated alkanes) is 1. The van der Waals surface area contributed by atoms with Gasteiger partial charge in [-0.1, -0.05) is 13.3 Å². The smallest absolute Gasteiger partial charge is 0.332 e. The predicted octanol–water partition coefficient (Wildman–Crippen LogP) is 0.305. The fraction of sp³-hybridized carbons (Fsp3) is 0.875. The molecule has 0 radical (unpaired) electrons. The molecular formula is C8H17NO3. The lowest BCUT2D eigenvalue weighted by atomic mass is 10.4. The molecule has 0 heterocycles. The molecule has 0 aromatic carbocycles. The van der Waals surface area contributed by atoms with E-state index in [0.29, 0.717) is 19.8 Å². The summed E-state index contributed by atoms with van der Waals surface area (Å²) in [5, 5.41) is 0. The number of hydrogen-bond donors (Lipinski definition) is 1. The fourth-order valence-corrected chi connectivity index (χ4v) is 0.611. The number of hydrogen-bond acceptors (Lipinski definition) is 4. The highest BCUT2D eigenvalue weighted by Crippen LogP contribution is 1.88. The molecule has 0 spiro atoms. The first-order valence-electron chi connectivity index (χ1n) is 4.24. The zero-order valence-electron chi connectivity index (χ0n) is 7.54. The lowest BCUT2D eigenvalue weighted by Gasteiger charge is -2.03. The third-order valence-corrected chi connectivity index (χ3v) is 1.24. The maximum absolute atomic E-state index is 10.8. The first kappa shape index (κ1) is 11.4. The molecule has 0 unspecified atom stereocenters. The van der Waals surface area contributed by atoms with Crippen LogP contribution in [0.1, 0.15) is 19.8 Å². The van der Waals surface area contributed by atoms with Crippen molar-refractivity contribution in [3.63, 3.8) is 0 Å². The van der Waals surface area contributed by atoms with Gasteiger partial charge in [0.15, 0.2) is 0 Å². The molecule has 0 aliphatic heterocycles. The van der Waals surface area contributed by atoms with Crippen molar-refractivity contribution in [2.45, 2.75) is 19.8 Å². The van der Waals surface area contributed by atoms with E-state index in [2.05, 4.69) is 0 Å². The second kappa shape index (κ2) is 8.49. The SMILES string of the molecule is CCCCOC(=O)COCCN. The second-order valence-electron chi connectivity index (χ2n) is 2.42. The molecule has 0 amide bonds. The Morgan fingerprint density at radius 2 is 2.17 bits per heavy atom. The normalized spacial score (nSPS) is 9.83. The average molecular weight is 175 g/mol. The predicted molar refractivity (Wildman–Crippen MR) is 45.7 cm³/mol. The molecule has 0 saturated heterocycles. The topological polar surface area (TPSA) is 61.5 Å². The van der Waals surface area contributed by atoms with Crippen LogP contribution in [-0.4, -0.2) is 32.3 Å². The van der Waals surface area contributed by atoms with E-state index in [1.54, 1.807) is 0 Å². The van der Waals surface area contributed by atoms with Gasteiger partial charge in [0, 0.05) is 6.54 Å². The van der Waals surface area contributed by atoms with Crippen LogP contribution in [0.4, 0.5) is 0 Å². The van der Waals surface area contributed by atoms with E-state index in [-0.39, 0.29) is 12.6 Å². The van der Waals surface area contributed by atoms with Gasteiger partial charge in [0.2, 0.25) is 0 Å². The van der Waals surface area contributed by atoms with Crippen LogP contribution in [0.5, 0.6) is 0 Å². The van der Waals surface area contributed by atoms with Crippen molar-refractivity contribution >= 4 is 5.97 Å². The van der Waals surface area contributed by atoms with Gasteiger partial charge in [0.1, 0.15) is 6.61 Å². The lowest BCUT2D eigenvalue weighted by molar-refractivity contribution is -0.148. The standard InChI is InChI=1S/C8H17NO3/c1-2-3-5-12-8(10)7-11-6-4-9/h2-7,9H2,1H3. The monoisotopic (exact) mass is 175 g/mol. The molecule has 0 bridgehead atoms. The van der Waals surface area contributed by atoms with Gasteiger partial charge in [-0.2, -0.15) is 0 Å². The third-order valence-electron chi connectivity index (χ3n) is 1.24. The molecule has 0 atom stereocenters. The summed E-state index contributed by atoms with van der Waals surface area (Å²) in [4.78, 5) is 10.8. The summed E-state index contributed by atoms with van der Waals surface area (Å²) in [6.45, 7) is 3.38. The van der Waals surface area contributed by atoms with Crippen molar-refractivity contribution in [3.05, 3.63) is 0 Å². The minimum Gasteiger partial charge on any atom is -0.464 e. The number of ether oxygens (including phenoxy) is 2. The maximum atomic E-state index is 10.8. The van der Waals surface area contributed by atoms with Crippen LogP contribution in [0, 0.1) is 0 Å². The van der Waals surface area contributed by atoms with E-state index >= 15 is 0 Å². The van der Waals surface area contributed by atoms with Gasteiger partial charge in [0.05, 0.1) is 13.2 Å². The second-order valence-corrected chi connectivity index (χ2v) is 2.42. The Balaban J connectivity index is 3.10. The van der Waals surface area contributed by atoms with E-state index in [9.17, 15) is 4.79 Å². The Morgan fingerprint density at radius 1 is 1.42 bits per heavy atom. The van der Waals surface area contributed by atoms with Crippen LogP contribution in [0.3, 0.4) is 0 Å². The lowest BCUT2D eigenvalue weighted by Crippen LogP contribution is -2.17. The van der Waals surface area contributed by atoms with Crippen molar-refractivity contribution < 1.29 is 14.3 Å². The summed E-state index contributed by atoms with van der Waals surface area (Å²) in [6.07, 6.45) is 1.93. The minimum absolute atomic E-state index is 0.0148. The van der Waals surface area contributed by atoms with Gasteiger partial charge < -0.3 is 15.2 Å². The summed E-state index contributed by atoms with van der Waals surface area (Å²) >= 11 is 0. The Kier molecular flexibility index (Phi) is 8.05. The Bertz CT molecular complexity index is 105. The van der Waals surface area contributed by atoms with Crippen LogP contribution >= 0.6 is 0 Å². The van der Waals surface area contributed by atoms with Crippen LogP contribution in [0.25, 0.3) is 0 Å². The Morgan fingerprint density at radius 3 is 2.75 bits per heavy atom.